The van der Waals surface area contributed by atoms with Crippen LogP contribution in [0.2, 0.25) is 0 Å². The van der Waals surface area contributed by atoms with Crippen LogP contribution in [0.4, 0.5) is 5.95 Å². The lowest BCUT2D eigenvalue weighted by Gasteiger charge is -2.11. The molecule has 0 bridgehead atoms. The molecule has 0 saturated heterocycles. The van der Waals surface area contributed by atoms with Crippen LogP contribution in [-0.2, 0) is 0 Å². The first-order valence-corrected chi connectivity index (χ1v) is 5.57. The van der Waals surface area contributed by atoms with Crippen molar-refractivity contribution in [2.75, 3.05) is 5.32 Å². The molecule has 2 heterocycles. The van der Waals surface area contributed by atoms with Crippen LogP contribution < -0.4 is 5.32 Å². The van der Waals surface area contributed by atoms with Crippen LogP contribution in [0.25, 0.3) is 0 Å². The van der Waals surface area contributed by atoms with Gasteiger partial charge in [-0.2, -0.15) is 5.10 Å². The fourth-order valence-electron chi connectivity index (χ4n) is 1.47. The van der Waals surface area contributed by atoms with E-state index >= 15 is 0 Å². The minimum Gasteiger partial charge on any atom is -0.464 e. The largest absolute Gasteiger partial charge is 0.464 e. The van der Waals surface area contributed by atoms with Crippen molar-refractivity contribution in [1.29, 1.82) is 0 Å². The lowest BCUT2D eigenvalue weighted by molar-refractivity contribution is 0.466. The van der Waals surface area contributed by atoms with Crippen LogP contribution in [0.5, 0.6) is 0 Å². The van der Waals surface area contributed by atoms with Gasteiger partial charge in [-0.3, -0.25) is 0 Å². The van der Waals surface area contributed by atoms with E-state index in [1.165, 1.54) is 0 Å². The summed E-state index contributed by atoms with van der Waals surface area (Å²) in [6.07, 6.45) is 0. The normalized spacial score (nSPS) is 12.5. The number of hydrogen-bond acceptors (Lipinski definition) is 5. The van der Waals surface area contributed by atoms with E-state index in [-0.39, 0.29) is 6.04 Å². The molecule has 0 aliphatic rings. The molecule has 5 nitrogen and oxygen atoms in total. The predicted molar refractivity (Wildman–Crippen MR) is 64.8 cm³/mol. The van der Waals surface area contributed by atoms with Crippen molar-refractivity contribution in [3.8, 4) is 0 Å². The minimum absolute atomic E-state index is 0.0209. The number of rotatable bonds is 3. The van der Waals surface area contributed by atoms with Gasteiger partial charge in [0.1, 0.15) is 11.5 Å². The molecule has 90 valence electrons. The monoisotopic (exact) mass is 232 g/mol. The summed E-state index contributed by atoms with van der Waals surface area (Å²) in [7, 11) is 0. The van der Waals surface area contributed by atoms with E-state index in [0.717, 1.165) is 22.9 Å². The number of furan rings is 1. The molecule has 2 rings (SSSR count). The smallest absolute Gasteiger partial charge is 0.243 e. The second kappa shape index (κ2) is 4.53. The third-order valence-corrected chi connectivity index (χ3v) is 2.63. The van der Waals surface area contributed by atoms with Gasteiger partial charge in [-0.15, -0.1) is 5.10 Å². The highest BCUT2D eigenvalue weighted by Gasteiger charge is 2.11. The third kappa shape index (κ3) is 2.61. The molecule has 17 heavy (non-hydrogen) atoms. The first-order valence-electron chi connectivity index (χ1n) is 5.57. The van der Waals surface area contributed by atoms with E-state index in [9.17, 15) is 0 Å². The number of anilines is 1. The molecule has 2 aromatic heterocycles. The molecule has 5 heteroatoms. The Morgan fingerprint density at radius 3 is 2.47 bits per heavy atom. The maximum absolute atomic E-state index is 5.53. The Balaban J connectivity index is 2.12. The number of aryl methyl sites for hydroxylation is 3. The molecule has 0 aliphatic heterocycles. The van der Waals surface area contributed by atoms with Crippen molar-refractivity contribution in [1.82, 2.24) is 15.2 Å². The van der Waals surface area contributed by atoms with Crippen LogP contribution in [0.15, 0.2) is 16.5 Å². The second-order valence-corrected chi connectivity index (χ2v) is 4.12. The van der Waals surface area contributed by atoms with Gasteiger partial charge >= 0.3 is 0 Å². The van der Waals surface area contributed by atoms with Gasteiger partial charge in [-0.1, -0.05) is 0 Å². The molecule has 0 amide bonds. The van der Waals surface area contributed by atoms with E-state index in [2.05, 4.69) is 20.5 Å². The molecule has 0 saturated carbocycles. The Hall–Kier alpha value is -1.91. The molecule has 0 radical (unpaired) electrons. The maximum Gasteiger partial charge on any atom is 0.243 e. The Morgan fingerprint density at radius 2 is 1.88 bits per heavy atom. The van der Waals surface area contributed by atoms with E-state index < -0.39 is 0 Å². The first kappa shape index (κ1) is 11.6. The number of aromatic nitrogens is 3. The van der Waals surface area contributed by atoms with Gasteiger partial charge in [-0.05, 0) is 39.8 Å². The zero-order valence-corrected chi connectivity index (χ0v) is 10.5. The molecule has 0 spiro atoms. The van der Waals surface area contributed by atoms with Gasteiger partial charge in [0.25, 0.3) is 0 Å². The van der Waals surface area contributed by atoms with Gasteiger partial charge in [0.05, 0.1) is 17.4 Å². The van der Waals surface area contributed by atoms with Gasteiger partial charge in [0.2, 0.25) is 5.95 Å². The van der Waals surface area contributed by atoms with E-state index in [1.807, 2.05) is 39.8 Å². The van der Waals surface area contributed by atoms with Crippen LogP contribution in [0.3, 0.4) is 0 Å². The first-order chi connectivity index (χ1) is 8.06. The van der Waals surface area contributed by atoms with Crippen molar-refractivity contribution in [2.45, 2.75) is 33.7 Å². The fraction of sp³-hybridized carbons (Fsp3) is 0.417. The van der Waals surface area contributed by atoms with Crippen LogP contribution in [0.1, 0.15) is 35.9 Å². The molecule has 1 atom stereocenters. The lowest BCUT2D eigenvalue weighted by Crippen LogP contribution is -2.10. The second-order valence-electron chi connectivity index (χ2n) is 4.12. The SMILES string of the molecule is Cc1ccc(C(C)Nc2nnc(C)c(C)n2)o1. The molecule has 0 fully saturated rings. The zero-order chi connectivity index (χ0) is 12.4. The quantitative estimate of drug-likeness (QED) is 0.881. The van der Waals surface area contributed by atoms with E-state index in [0.29, 0.717) is 5.95 Å². The standard InChI is InChI=1S/C12H16N4O/c1-7-5-6-11(17-7)10(4)14-12-13-8(2)9(3)15-16-12/h5-6,10H,1-4H3,(H,13,14,16). The molecule has 0 aromatic carbocycles. The topological polar surface area (TPSA) is 63.8 Å². The number of hydrogen-bond donors (Lipinski definition) is 1. The Bertz CT molecular complexity index is 521. The number of nitrogens with zero attached hydrogens (tertiary/aromatic N) is 3. The molecular weight excluding hydrogens is 216 g/mol. The van der Waals surface area contributed by atoms with Crippen molar-refractivity contribution in [3.63, 3.8) is 0 Å². The van der Waals surface area contributed by atoms with Gasteiger partial charge < -0.3 is 9.73 Å². The average Bonchev–Trinajstić information content (AvgIpc) is 2.70. The highest BCUT2D eigenvalue weighted by Crippen LogP contribution is 2.18. The van der Waals surface area contributed by atoms with E-state index in [4.69, 9.17) is 4.42 Å². The summed E-state index contributed by atoms with van der Waals surface area (Å²) in [5.74, 6) is 2.28. The van der Waals surface area contributed by atoms with E-state index in [1.54, 1.807) is 0 Å². The van der Waals surface area contributed by atoms with Gasteiger partial charge in [-0.25, -0.2) is 4.98 Å². The Morgan fingerprint density at radius 1 is 1.12 bits per heavy atom. The predicted octanol–water partition coefficient (Wildman–Crippen LogP) is 2.56. The highest BCUT2D eigenvalue weighted by atomic mass is 16.3. The summed E-state index contributed by atoms with van der Waals surface area (Å²) in [4.78, 5) is 4.32. The molecule has 2 aromatic rings. The molecule has 1 unspecified atom stereocenters. The minimum atomic E-state index is 0.0209. The summed E-state index contributed by atoms with van der Waals surface area (Å²) in [6, 6.07) is 3.90. The Kier molecular flexibility index (Phi) is 3.08. The van der Waals surface area contributed by atoms with Gasteiger partial charge in [0, 0.05) is 0 Å². The lowest BCUT2D eigenvalue weighted by atomic mass is 10.2. The summed E-state index contributed by atoms with van der Waals surface area (Å²) in [5.41, 5.74) is 1.72. The van der Waals surface area contributed by atoms with Crippen LogP contribution in [-0.4, -0.2) is 15.2 Å². The number of nitrogens with one attached hydrogen (secondary N) is 1. The van der Waals surface area contributed by atoms with Gasteiger partial charge in [0.15, 0.2) is 0 Å². The molecular formula is C12H16N4O. The third-order valence-electron chi connectivity index (χ3n) is 2.63. The van der Waals surface area contributed by atoms with Crippen LogP contribution >= 0.6 is 0 Å². The summed E-state index contributed by atoms with van der Waals surface area (Å²) < 4.78 is 5.53. The van der Waals surface area contributed by atoms with Crippen molar-refractivity contribution in [3.05, 3.63) is 35.0 Å². The average molecular weight is 232 g/mol. The maximum atomic E-state index is 5.53. The Labute approximate surface area is 100 Å². The highest BCUT2D eigenvalue weighted by molar-refractivity contribution is 5.28. The zero-order valence-electron chi connectivity index (χ0n) is 10.5. The fourth-order valence-corrected chi connectivity index (χ4v) is 1.47. The van der Waals surface area contributed by atoms with Crippen LogP contribution in [0, 0.1) is 20.8 Å². The van der Waals surface area contributed by atoms with Crippen molar-refractivity contribution >= 4 is 5.95 Å². The summed E-state index contributed by atoms with van der Waals surface area (Å²) in [6.45, 7) is 7.72. The summed E-state index contributed by atoms with van der Waals surface area (Å²) in [5, 5.41) is 11.2. The summed E-state index contributed by atoms with van der Waals surface area (Å²) >= 11 is 0. The van der Waals surface area contributed by atoms with Crippen molar-refractivity contribution in [2.24, 2.45) is 0 Å². The van der Waals surface area contributed by atoms with Crippen molar-refractivity contribution < 1.29 is 4.42 Å². The molecule has 1 N–H and O–H groups in total. The molecule has 0 aliphatic carbocycles.